The van der Waals surface area contributed by atoms with E-state index in [9.17, 15) is 24.5 Å². The molecule has 3 aliphatic rings. The quantitative estimate of drug-likeness (QED) is 0.470. The molecule has 2 aromatic rings. The maximum absolute atomic E-state index is 13.4. The molecule has 150 valence electrons. The van der Waals surface area contributed by atoms with Gasteiger partial charge in [0, 0.05) is 18.3 Å². The monoisotopic (exact) mass is 404 g/mol. The van der Waals surface area contributed by atoms with Crippen LogP contribution in [0.15, 0.2) is 54.7 Å². The minimum Gasteiger partial charge on any atom is -0.368 e. The van der Waals surface area contributed by atoms with Crippen LogP contribution in [0, 0.1) is 22.0 Å². The molecule has 30 heavy (non-hydrogen) atoms. The van der Waals surface area contributed by atoms with Gasteiger partial charge in [-0.15, -0.1) is 0 Å². The first-order chi connectivity index (χ1) is 14.4. The van der Waals surface area contributed by atoms with Gasteiger partial charge in [0.25, 0.3) is 5.69 Å². The summed E-state index contributed by atoms with van der Waals surface area (Å²) in [6.45, 7) is 0. The normalized spacial score (nSPS) is 26.4. The van der Waals surface area contributed by atoms with E-state index in [4.69, 9.17) is 5.73 Å². The molecule has 9 heteroatoms. The molecular weight excluding hydrogens is 388 g/mol. The standard InChI is InChI=1S/C21H16N4O5/c22-19(26)18-16-15(17-14-7-2-1-4-11(14)8-9-23(17)18)20(27)24(21(16)28)12-5-3-6-13(10-12)25(29)30/h1-10,15-18H,(H2,22,26)/t15-,16+,17-,18-/m0/s1. The average Bonchev–Trinajstić information content (AvgIpc) is 3.21. The number of carbonyl (C=O) groups excluding carboxylic acids is 3. The Balaban J connectivity index is 1.64. The summed E-state index contributed by atoms with van der Waals surface area (Å²) in [4.78, 5) is 52.3. The Labute approximate surface area is 170 Å². The van der Waals surface area contributed by atoms with Gasteiger partial charge in [0.1, 0.15) is 6.04 Å². The molecule has 2 aromatic carbocycles. The van der Waals surface area contributed by atoms with E-state index < -0.39 is 46.6 Å². The van der Waals surface area contributed by atoms with Gasteiger partial charge in [-0.1, -0.05) is 30.3 Å². The van der Waals surface area contributed by atoms with E-state index in [1.165, 1.54) is 24.3 Å². The number of hydrogen-bond donors (Lipinski definition) is 1. The molecule has 2 saturated heterocycles. The van der Waals surface area contributed by atoms with Crippen molar-refractivity contribution >= 4 is 35.2 Å². The molecule has 3 aliphatic heterocycles. The third-order valence-corrected chi connectivity index (χ3v) is 6.05. The minimum atomic E-state index is -0.982. The lowest BCUT2D eigenvalue weighted by molar-refractivity contribution is -0.384. The maximum Gasteiger partial charge on any atom is 0.271 e. The van der Waals surface area contributed by atoms with Crippen molar-refractivity contribution < 1.29 is 19.3 Å². The summed E-state index contributed by atoms with van der Waals surface area (Å²) in [5.74, 6) is -3.54. The summed E-state index contributed by atoms with van der Waals surface area (Å²) in [5, 5.41) is 11.1. The number of nitro benzene ring substituents is 1. The van der Waals surface area contributed by atoms with Crippen LogP contribution in [0.3, 0.4) is 0 Å². The molecule has 0 radical (unpaired) electrons. The van der Waals surface area contributed by atoms with Crippen molar-refractivity contribution in [1.82, 2.24) is 4.90 Å². The second-order valence-corrected chi connectivity index (χ2v) is 7.52. The largest absolute Gasteiger partial charge is 0.368 e. The summed E-state index contributed by atoms with van der Waals surface area (Å²) >= 11 is 0. The van der Waals surface area contributed by atoms with Crippen LogP contribution in [0.4, 0.5) is 11.4 Å². The highest BCUT2D eigenvalue weighted by Gasteiger charge is 2.64. The van der Waals surface area contributed by atoms with Gasteiger partial charge in [0.15, 0.2) is 0 Å². The van der Waals surface area contributed by atoms with Crippen molar-refractivity contribution in [3.8, 4) is 0 Å². The molecule has 0 unspecified atom stereocenters. The number of nitrogens with two attached hydrogens (primary N) is 1. The molecule has 5 rings (SSSR count). The smallest absolute Gasteiger partial charge is 0.271 e. The summed E-state index contributed by atoms with van der Waals surface area (Å²) in [5.41, 5.74) is 7.27. The number of hydrogen-bond acceptors (Lipinski definition) is 6. The lowest BCUT2D eigenvalue weighted by Gasteiger charge is -2.34. The number of primary amides is 1. The summed E-state index contributed by atoms with van der Waals surface area (Å²) in [7, 11) is 0. The number of rotatable bonds is 3. The zero-order chi connectivity index (χ0) is 21.2. The zero-order valence-corrected chi connectivity index (χ0v) is 15.5. The Kier molecular flexibility index (Phi) is 3.76. The first-order valence-electron chi connectivity index (χ1n) is 9.36. The zero-order valence-electron chi connectivity index (χ0n) is 15.5. The molecule has 2 fully saturated rings. The van der Waals surface area contributed by atoms with Crippen molar-refractivity contribution in [3.05, 3.63) is 76.0 Å². The van der Waals surface area contributed by atoms with E-state index in [1.54, 1.807) is 11.1 Å². The fourth-order valence-electron chi connectivity index (χ4n) is 4.88. The second kappa shape index (κ2) is 6.24. The van der Waals surface area contributed by atoms with Crippen molar-refractivity contribution in [2.75, 3.05) is 4.90 Å². The number of imide groups is 1. The Bertz CT molecular complexity index is 1160. The predicted octanol–water partition coefficient (Wildman–Crippen LogP) is 1.60. The molecule has 0 spiro atoms. The van der Waals surface area contributed by atoms with Gasteiger partial charge in [-0.2, -0.15) is 0 Å². The first-order valence-corrected chi connectivity index (χ1v) is 9.36. The van der Waals surface area contributed by atoms with Crippen molar-refractivity contribution in [1.29, 1.82) is 0 Å². The number of fused-ring (bicyclic) bond motifs is 5. The van der Waals surface area contributed by atoms with Crippen molar-refractivity contribution in [2.24, 2.45) is 17.6 Å². The molecule has 0 saturated carbocycles. The van der Waals surface area contributed by atoms with Gasteiger partial charge >= 0.3 is 0 Å². The van der Waals surface area contributed by atoms with Gasteiger partial charge in [-0.25, -0.2) is 4.90 Å². The molecule has 3 heterocycles. The molecule has 0 aliphatic carbocycles. The fourth-order valence-corrected chi connectivity index (χ4v) is 4.88. The van der Waals surface area contributed by atoms with E-state index in [1.807, 2.05) is 30.3 Å². The summed E-state index contributed by atoms with van der Waals surface area (Å²) in [6, 6.07) is 11.3. The van der Waals surface area contributed by atoms with E-state index in [0.717, 1.165) is 16.0 Å². The minimum absolute atomic E-state index is 0.114. The van der Waals surface area contributed by atoms with Crippen molar-refractivity contribution in [3.63, 3.8) is 0 Å². The number of amides is 3. The number of non-ortho nitro benzene ring substituents is 1. The molecule has 3 amide bonds. The Morgan fingerprint density at radius 3 is 2.50 bits per heavy atom. The highest BCUT2D eigenvalue weighted by atomic mass is 16.6. The van der Waals surface area contributed by atoms with E-state index in [2.05, 4.69) is 0 Å². The molecule has 2 N–H and O–H groups in total. The highest BCUT2D eigenvalue weighted by Crippen LogP contribution is 2.53. The Hall–Kier alpha value is -4.01. The number of nitro groups is 1. The SMILES string of the molecule is NC(=O)[C@@H]1[C@@H]2C(=O)N(c3cccc([N+](=O)[O-])c3)C(=O)[C@@H]2[C@@H]2c3ccccc3C=CN12. The summed E-state index contributed by atoms with van der Waals surface area (Å²) in [6.07, 6.45) is 3.54. The van der Waals surface area contributed by atoms with Crippen LogP contribution in [0.2, 0.25) is 0 Å². The van der Waals surface area contributed by atoms with Crippen LogP contribution in [-0.2, 0) is 14.4 Å². The van der Waals surface area contributed by atoms with Crippen LogP contribution < -0.4 is 10.6 Å². The molecule has 0 bridgehead atoms. The number of benzene rings is 2. The third kappa shape index (κ3) is 2.32. The highest BCUT2D eigenvalue weighted by molar-refractivity contribution is 6.24. The van der Waals surface area contributed by atoms with Crippen molar-refractivity contribution in [2.45, 2.75) is 12.1 Å². The van der Waals surface area contributed by atoms with E-state index in [-0.39, 0.29) is 11.4 Å². The molecule has 4 atom stereocenters. The fraction of sp³-hybridized carbons (Fsp3) is 0.190. The average molecular weight is 404 g/mol. The van der Waals surface area contributed by atoms with Crippen LogP contribution in [0.25, 0.3) is 6.08 Å². The number of carbonyl (C=O) groups is 3. The van der Waals surface area contributed by atoms with Gasteiger partial charge in [0.2, 0.25) is 17.7 Å². The van der Waals surface area contributed by atoms with Crippen LogP contribution in [0.5, 0.6) is 0 Å². The summed E-state index contributed by atoms with van der Waals surface area (Å²) < 4.78 is 0. The van der Waals surface area contributed by atoms with Crippen LogP contribution in [0.1, 0.15) is 17.2 Å². The van der Waals surface area contributed by atoms with E-state index >= 15 is 0 Å². The van der Waals surface area contributed by atoms with Crippen LogP contribution in [-0.4, -0.2) is 33.6 Å². The third-order valence-electron chi connectivity index (χ3n) is 6.05. The lowest BCUT2D eigenvalue weighted by atomic mass is 9.84. The number of nitrogens with zero attached hydrogens (tertiary/aromatic N) is 3. The Morgan fingerprint density at radius 1 is 1.03 bits per heavy atom. The lowest BCUT2D eigenvalue weighted by Crippen LogP contribution is -2.46. The molecular formula is C21H16N4O5. The second-order valence-electron chi connectivity index (χ2n) is 7.52. The van der Waals surface area contributed by atoms with Gasteiger partial charge in [-0.3, -0.25) is 24.5 Å². The number of anilines is 1. The van der Waals surface area contributed by atoms with Gasteiger partial charge in [-0.05, 0) is 23.3 Å². The Morgan fingerprint density at radius 2 is 1.77 bits per heavy atom. The van der Waals surface area contributed by atoms with Gasteiger partial charge < -0.3 is 10.6 Å². The predicted molar refractivity (Wildman–Crippen MR) is 106 cm³/mol. The topological polar surface area (TPSA) is 127 Å². The maximum atomic E-state index is 13.4. The first kappa shape index (κ1) is 18.0. The van der Waals surface area contributed by atoms with Crippen LogP contribution >= 0.6 is 0 Å². The van der Waals surface area contributed by atoms with Gasteiger partial charge in [0.05, 0.1) is 28.5 Å². The molecule has 0 aromatic heterocycles. The van der Waals surface area contributed by atoms with E-state index in [0.29, 0.717) is 0 Å². The molecule has 9 nitrogen and oxygen atoms in total.